The van der Waals surface area contributed by atoms with Gasteiger partial charge in [-0.3, -0.25) is 4.79 Å². The number of hydrogen-bond donors (Lipinski definition) is 0. The summed E-state index contributed by atoms with van der Waals surface area (Å²) in [5.74, 6) is -0.244. The van der Waals surface area contributed by atoms with Crippen LogP contribution in [0.15, 0.2) is 29.2 Å². The van der Waals surface area contributed by atoms with E-state index in [-0.39, 0.29) is 18.1 Å². The average Bonchev–Trinajstić information content (AvgIpc) is 3.19. The Bertz CT molecular complexity index is 743. The van der Waals surface area contributed by atoms with Crippen LogP contribution in [0.2, 0.25) is 0 Å². The normalized spacial score (nSPS) is 29.1. The summed E-state index contributed by atoms with van der Waals surface area (Å²) in [5.41, 5.74) is 0.410. The first-order valence-corrected chi connectivity index (χ1v) is 10.6. The van der Waals surface area contributed by atoms with Crippen LogP contribution in [0.25, 0.3) is 0 Å². The van der Waals surface area contributed by atoms with Gasteiger partial charge in [0.15, 0.2) is 0 Å². The van der Waals surface area contributed by atoms with Crippen molar-refractivity contribution in [2.24, 2.45) is 5.41 Å². The van der Waals surface area contributed by atoms with Gasteiger partial charge in [0, 0.05) is 12.1 Å². The van der Waals surface area contributed by atoms with Crippen molar-refractivity contribution >= 4 is 16.0 Å². The number of hydrogen-bond acceptors (Lipinski definition) is 4. The van der Waals surface area contributed by atoms with Gasteiger partial charge < -0.3 is 4.74 Å². The molecule has 0 radical (unpaired) electrons. The van der Waals surface area contributed by atoms with Crippen molar-refractivity contribution in [3.63, 3.8) is 0 Å². The minimum Gasteiger partial charge on any atom is -0.466 e. The maximum Gasteiger partial charge on any atom is 0.313 e. The molecule has 2 saturated heterocycles. The number of carbonyl (C=O) groups is 1. The van der Waals surface area contributed by atoms with Crippen LogP contribution >= 0.6 is 0 Å². The van der Waals surface area contributed by atoms with Crippen molar-refractivity contribution in [1.82, 2.24) is 4.31 Å². The molecule has 138 valence electrons. The highest BCUT2D eigenvalue weighted by Crippen LogP contribution is 2.54. The van der Waals surface area contributed by atoms with E-state index in [1.807, 2.05) is 26.0 Å². The molecule has 2 aliphatic rings. The van der Waals surface area contributed by atoms with Crippen LogP contribution in [0.3, 0.4) is 0 Å². The summed E-state index contributed by atoms with van der Waals surface area (Å²) in [6.07, 6.45) is 3.59. The lowest BCUT2D eigenvalue weighted by atomic mass is 9.72. The zero-order valence-electron chi connectivity index (χ0n) is 15.2. The Labute approximate surface area is 150 Å². The molecule has 0 saturated carbocycles. The van der Waals surface area contributed by atoms with Crippen molar-refractivity contribution in [2.45, 2.75) is 69.9 Å². The van der Waals surface area contributed by atoms with Gasteiger partial charge >= 0.3 is 5.97 Å². The summed E-state index contributed by atoms with van der Waals surface area (Å²) in [7, 11) is -3.60. The molecule has 0 aromatic heterocycles. The monoisotopic (exact) mass is 365 g/mol. The molecule has 3 atom stereocenters. The first-order valence-electron chi connectivity index (χ1n) is 9.20. The van der Waals surface area contributed by atoms with E-state index in [0.29, 0.717) is 24.3 Å². The van der Waals surface area contributed by atoms with Gasteiger partial charge in [-0.1, -0.05) is 26.0 Å². The zero-order chi connectivity index (χ0) is 18.2. The molecule has 1 aromatic carbocycles. The van der Waals surface area contributed by atoms with E-state index >= 15 is 0 Å². The molecule has 0 aliphatic carbocycles. The highest BCUT2D eigenvalue weighted by Gasteiger charge is 2.63. The topological polar surface area (TPSA) is 63.7 Å². The summed E-state index contributed by atoms with van der Waals surface area (Å²) in [5, 5.41) is 0. The third-order valence-corrected chi connectivity index (χ3v) is 7.87. The van der Waals surface area contributed by atoms with Crippen LogP contribution in [0, 0.1) is 5.41 Å². The predicted molar refractivity (Wildman–Crippen MR) is 95.6 cm³/mol. The van der Waals surface area contributed by atoms with E-state index in [1.165, 1.54) is 0 Å². The third kappa shape index (κ3) is 2.79. The van der Waals surface area contributed by atoms with Crippen LogP contribution in [0.1, 0.15) is 52.0 Å². The highest BCUT2D eigenvalue weighted by atomic mass is 32.2. The number of ether oxygens (including phenoxy) is 1. The van der Waals surface area contributed by atoms with E-state index in [0.717, 1.165) is 24.8 Å². The molecule has 1 aromatic rings. The van der Waals surface area contributed by atoms with Gasteiger partial charge in [0.25, 0.3) is 0 Å². The average molecular weight is 365 g/mol. The number of nitrogens with zero attached hydrogens (tertiary/aromatic N) is 1. The summed E-state index contributed by atoms with van der Waals surface area (Å²) in [6.45, 7) is 6.11. The predicted octanol–water partition coefficient (Wildman–Crippen LogP) is 3.13. The molecule has 5 nitrogen and oxygen atoms in total. The van der Waals surface area contributed by atoms with E-state index in [4.69, 9.17) is 4.74 Å². The quantitative estimate of drug-likeness (QED) is 0.727. The first kappa shape index (κ1) is 18.4. The number of fused-ring (bicyclic) bond motifs is 2. The molecule has 0 unspecified atom stereocenters. The highest BCUT2D eigenvalue weighted by molar-refractivity contribution is 7.89. The fourth-order valence-electron chi connectivity index (χ4n) is 4.53. The van der Waals surface area contributed by atoms with E-state index < -0.39 is 15.4 Å². The van der Waals surface area contributed by atoms with E-state index in [1.54, 1.807) is 23.4 Å². The molecule has 2 fully saturated rings. The Morgan fingerprint density at radius 1 is 1.20 bits per heavy atom. The smallest absolute Gasteiger partial charge is 0.313 e. The van der Waals surface area contributed by atoms with E-state index in [2.05, 4.69) is 0 Å². The fourth-order valence-corrected chi connectivity index (χ4v) is 6.47. The second kappa shape index (κ2) is 6.72. The van der Waals surface area contributed by atoms with Crippen molar-refractivity contribution in [1.29, 1.82) is 0 Å². The first-order chi connectivity index (χ1) is 11.9. The Hall–Kier alpha value is -1.40. The summed E-state index contributed by atoms with van der Waals surface area (Å²) in [6, 6.07) is 6.70. The Balaban J connectivity index is 1.96. The van der Waals surface area contributed by atoms with Crippen molar-refractivity contribution in [2.75, 3.05) is 6.61 Å². The Morgan fingerprint density at radius 2 is 1.88 bits per heavy atom. The number of benzene rings is 1. The summed E-state index contributed by atoms with van der Waals surface area (Å²) in [4.78, 5) is 13.0. The lowest BCUT2D eigenvalue weighted by Crippen LogP contribution is -2.45. The molecule has 6 heteroatoms. The number of sulfonamides is 1. The second-order valence-electron chi connectivity index (χ2n) is 7.01. The Morgan fingerprint density at radius 3 is 2.44 bits per heavy atom. The molecule has 2 heterocycles. The van der Waals surface area contributed by atoms with Crippen molar-refractivity contribution in [3.05, 3.63) is 29.8 Å². The van der Waals surface area contributed by atoms with Gasteiger partial charge in [-0.2, -0.15) is 4.31 Å². The molecule has 0 N–H and O–H groups in total. The molecular formula is C19H27NO4S. The standard InChI is InChI=1S/C19H27NO4S/c1-4-14-7-10-16(11-8-14)25(22,23)20-15-9-12-17(20)19(5-2,13-15)18(21)24-6-3/h7-8,10-11,15,17H,4-6,9,12-13H2,1-3H3/t15-,17+,19+/m0/s1. The Kier molecular flexibility index (Phi) is 4.95. The minimum absolute atomic E-state index is 0.106. The van der Waals surface area contributed by atoms with Crippen LogP contribution < -0.4 is 0 Å². The number of rotatable bonds is 6. The molecular weight excluding hydrogens is 338 g/mol. The largest absolute Gasteiger partial charge is 0.466 e. The molecule has 25 heavy (non-hydrogen) atoms. The van der Waals surface area contributed by atoms with Gasteiger partial charge in [-0.15, -0.1) is 0 Å². The zero-order valence-corrected chi connectivity index (χ0v) is 16.0. The van der Waals surface area contributed by atoms with Crippen LogP contribution in [-0.2, 0) is 26.0 Å². The SMILES string of the molecule is CCOC(=O)[C@]1(CC)C[C@@H]2CC[C@H]1N2S(=O)(=O)c1ccc(CC)cc1. The van der Waals surface area contributed by atoms with Crippen molar-refractivity contribution < 1.29 is 17.9 Å². The molecule has 0 spiro atoms. The number of aryl methyl sites for hydroxylation is 1. The van der Waals surface area contributed by atoms with Gasteiger partial charge in [-0.05, 0) is 56.7 Å². The van der Waals surface area contributed by atoms with Gasteiger partial charge in [0.1, 0.15) is 0 Å². The van der Waals surface area contributed by atoms with E-state index in [9.17, 15) is 13.2 Å². The summed E-state index contributed by atoms with van der Waals surface area (Å²) < 4.78 is 33.4. The molecule has 2 bridgehead atoms. The summed E-state index contributed by atoms with van der Waals surface area (Å²) >= 11 is 0. The molecule has 2 aliphatic heterocycles. The van der Waals surface area contributed by atoms with Crippen LogP contribution in [0.5, 0.6) is 0 Å². The van der Waals surface area contributed by atoms with Crippen LogP contribution in [-0.4, -0.2) is 37.4 Å². The maximum absolute atomic E-state index is 13.3. The van der Waals surface area contributed by atoms with Crippen LogP contribution in [0.4, 0.5) is 0 Å². The minimum atomic E-state index is -3.60. The lowest BCUT2D eigenvalue weighted by Gasteiger charge is -2.34. The van der Waals surface area contributed by atoms with Gasteiger partial charge in [-0.25, -0.2) is 8.42 Å². The third-order valence-electron chi connectivity index (χ3n) is 5.90. The molecule has 0 amide bonds. The maximum atomic E-state index is 13.3. The number of esters is 1. The lowest BCUT2D eigenvalue weighted by molar-refractivity contribution is -0.157. The van der Waals surface area contributed by atoms with Gasteiger partial charge in [0.05, 0.1) is 16.9 Å². The number of carbonyl (C=O) groups excluding carboxylic acids is 1. The van der Waals surface area contributed by atoms with Gasteiger partial charge in [0.2, 0.25) is 10.0 Å². The van der Waals surface area contributed by atoms with Crippen molar-refractivity contribution in [3.8, 4) is 0 Å². The molecule has 3 rings (SSSR count). The second-order valence-corrected chi connectivity index (χ2v) is 8.86. The fraction of sp³-hybridized carbons (Fsp3) is 0.632.